The quantitative estimate of drug-likeness (QED) is 0.513. The molecule has 0 atom stereocenters. The molecule has 0 bridgehead atoms. The van der Waals surface area contributed by atoms with E-state index in [2.05, 4.69) is 10.7 Å². The van der Waals surface area contributed by atoms with E-state index in [9.17, 15) is 19.3 Å². The fourth-order valence-electron chi connectivity index (χ4n) is 2.02. The second-order valence-electron chi connectivity index (χ2n) is 4.90. The number of rotatable bonds is 9. The van der Waals surface area contributed by atoms with Gasteiger partial charge >= 0.3 is 13.3 Å². The van der Waals surface area contributed by atoms with E-state index >= 15 is 0 Å². The van der Waals surface area contributed by atoms with Crippen molar-refractivity contribution in [1.29, 1.82) is 0 Å². The lowest BCUT2D eigenvalue weighted by atomic mass is 10.3. The first-order valence-electron chi connectivity index (χ1n) is 7.61. The Morgan fingerprint density at radius 2 is 1.96 bits per heavy atom. The van der Waals surface area contributed by atoms with Crippen LogP contribution in [0.25, 0.3) is 0 Å². The van der Waals surface area contributed by atoms with Gasteiger partial charge in [-0.15, -0.1) is 5.73 Å². The number of aromatic nitrogens is 2. The fraction of sp³-hybridized carbons (Fsp3) is 0.533. The molecule has 0 aliphatic rings. The Kier molecular flexibility index (Phi) is 8.11. The first-order chi connectivity index (χ1) is 11.4. The number of aliphatic hydroxyl groups excluding tert-OH is 1. The summed E-state index contributed by atoms with van der Waals surface area (Å²) in [5.74, 6) is 0. The number of hydrogen-bond acceptors (Lipinski definition) is 6. The summed E-state index contributed by atoms with van der Waals surface area (Å²) in [6, 6.07) is 1.23. The van der Waals surface area contributed by atoms with Gasteiger partial charge in [-0.3, -0.25) is 18.9 Å². The fourth-order valence-corrected chi connectivity index (χ4v) is 3.78. The van der Waals surface area contributed by atoms with Crippen LogP contribution >= 0.6 is 7.60 Å². The number of aromatic amines is 1. The molecule has 1 aromatic heterocycles. The molecule has 0 aliphatic heterocycles. The van der Waals surface area contributed by atoms with Crippen LogP contribution in [0.15, 0.2) is 38.5 Å². The first-order valence-corrected chi connectivity index (χ1v) is 9.16. The van der Waals surface area contributed by atoms with E-state index in [0.29, 0.717) is 5.57 Å². The first kappa shape index (κ1) is 20.4. The maximum Gasteiger partial charge on any atom is 0.365 e. The van der Waals surface area contributed by atoms with Gasteiger partial charge in [-0.25, -0.2) is 4.79 Å². The minimum Gasteiger partial charge on any atom is -0.396 e. The predicted octanol–water partition coefficient (Wildman–Crippen LogP) is 1.61. The molecule has 0 radical (unpaired) electrons. The minimum atomic E-state index is -3.54. The van der Waals surface area contributed by atoms with Crippen molar-refractivity contribution in [2.24, 2.45) is 0 Å². The Labute approximate surface area is 140 Å². The average molecular weight is 358 g/mol. The summed E-state index contributed by atoms with van der Waals surface area (Å²) >= 11 is 0. The van der Waals surface area contributed by atoms with Gasteiger partial charge in [-0.1, -0.05) is 0 Å². The maximum absolute atomic E-state index is 12.8. The highest BCUT2D eigenvalue weighted by Crippen LogP contribution is 2.56. The number of H-pyrrole nitrogens is 1. The van der Waals surface area contributed by atoms with Crippen molar-refractivity contribution in [2.75, 3.05) is 19.8 Å². The summed E-state index contributed by atoms with van der Waals surface area (Å²) in [4.78, 5) is 24.9. The highest BCUT2D eigenvalue weighted by molar-refractivity contribution is 7.58. The lowest BCUT2D eigenvalue weighted by molar-refractivity contribution is 0.222. The molecule has 2 N–H and O–H groups in total. The van der Waals surface area contributed by atoms with Gasteiger partial charge in [0.2, 0.25) is 0 Å². The van der Waals surface area contributed by atoms with Crippen LogP contribution in [-0.2, 0) is 20.2 Å². The molecule has 0 unspecified atom stereocenters. The molecule has 0 saturated carbocycles. The largest absolute Gasteiger partial charge is 0.396 e. The van der Waals surface area contributed by atoms with Crippen LogP contribution in [0.1, 0.15) is 27.2 Å². The van der Waals surface area contributed by atoms with E-state index in [0.717, 1.165) is 0 Å². The second-order valence-corrected chi connectivity index (χ2v) is 6.95. The third kappa shape index (κ3) is 5.74. The summed E-state index contributed by atoms with van der Waals surface area (Å²) in [5, 5.41) is 9.44. The number of hydrogen-bond donors (Lipinski definition) is 2. The predicted molar refractivity (Wildman–Crippen MR) is 90.1 cm³/mol. The highest BCUT2D eigenvalue weighted by Gasteiger charge is 2.29. The van der Waals surface area contributed by atoms with Crippen molar-refractivity contribution in [3.63, 3.8) is 0 Å². The van der Waals surface area contributed by atoms with E-state index < -0.39 is 18.8 Å². The Morgan fingerprint density at radius 1 is 1.33 bits per heavy atom. The monoisotopic (exact) mass is 358 g/mol. The minimum absolute atomic E-state index is 0.0785. The number of aliphatic hydroxyl groups is 1. The molecule has 24 heavy (non-hydrogen) atoms. The molecule has 1 rings (SSSR count). The summed E-state index contributed by atoms with van der Waals surface area (Å²) in [6.07, 6.45) is 1.44. The van der Waals surface area contributed by atoms with Crippen LogP contribution in [0.2, 0.25) is 0 Å². The van der Waals surface area contributed by atoms with Gasteiger partial charge in [-0.2, -0.15) is 0 Å². The summed E-state index contributed by atoms with van der Waals surface area (Å²) in [7, 11) is -3.54. The Hall–Kier alpha value is -1.69. The standard InChI is InChI=1S/C15H23N2O6P/c1-4-22-24(21,23-5-2)13(7-9-18)10-12(3)11-17-8-6-14(19)16-15(17)20/h6,8,18H,4-5,7,9,11H2,1-3H3,(H,16,19,20). The smallest absolute Gasteiger partial charge is 0.365 e. The molecular weight excluding hydrogens is 335 g/mol. The zero-order valence-corrected chi connectivity index (χ0v) is 15.0. The topological polar surface area (TPSA) is 111 Å². The van der Waals surface area contributed by atoms with Gasteiger partial charge in [0.1, 0.15) is 0 Å². The van der Waals surface area contributed by atoms with Gasteiger partial charge in [0.25, 0.3) is 5.56 Å². The van der Waals surface area contributed by atoms with Crippen LogP contribution in [0.4, 0.5) is 0 Å². The average Bonchev–Trinajstić information content (AvgIpc) is 2.50. The van der Waals surface area contributed by atoms with Crippen molar-refractivity contribution in [3.8, 4) is 0 Å². The molecule has 1 heterocycles. The molecule has 8 nitrogen and oxygen atoms in total. The van der Waals surface area contributed by atoms with Crippen molar-refractivity contribution < 1.29 is 18.7 Å². The number of nitrogens with one attached hydrogen (secondary N) is 1. The lowest BCUT2D eigenvalue weighted by Crippen LogP contribution is -2.28. The van der Waals surface area contributed by atoms with Crippen molar-refractivity contribution in [3.05, 3.63) is 49.7 Å². The molecule has 9 heteroatoms. The van der Waals surface area contributed by atoms with Gasteiger partial charge in [0.05, 0.1) is 25.1 Å². The van der Waals surface area contributed by atoms with Crippen molar-refractivity contribution in [2.45, 2.75) is 33.7 Å². The second kappa shape index (κ2) is 9.57. The van der Waals surface area contributed by atoms with Crippen LogP contribution in [0.3, 0.4) is 0 Å². The molecule has 0 saturated heterocycles. The molecule has 1 aromatic rings. The summed E-state index contributed by atoms with van der Waals surface area (Å²) in [5.41, 5.74) is 2.47. The normalized spacial score (nSPS) is 11.2. The SMILES string of the molecule is CCOP(=O)(OCC)C(=C=C(C)Cn1ccc(=O)[nH]c1=O)CCO. The molecule has 134 valence electrons. The Morgan fingerprint density at radius 3 is 2.46 bits per heavy atom. The van der Waals surface area contributed by atoms with Gasteiger partial charge in [-0.05, 0) is 26.3 Å². The highest BCUT2D eigenvalue weighted by atomic mass is 31.2. The third-order valence-electron chi connectivity index (χ3n) is 2.94. The molecule has 0 fully saturated rings. The van der Waals surface area contributed by atoms with Crippen LogP contribution in [0, 0.1) is 0 Å². The van der Waals surface area contributed by atoms with E-state index in [1.165, 1.54) is 16.8 Å². The van der Waals surface area contributed by atoms with E-state index in [4.69, 9.17) is 9.05 Å². The molecule has 0 aliphatic carbocycles. The summed E-state index contributed by atoms with van der Waals surface area (Å²) in [6.45, 7) is 5.36. The van der Waals surface area contributed by atoms with E-state index in [1.54, 1.807) is 20.8 Å². The summed E-state index contributed by atoms with van der Waals surface area (Å²) < 4.78 is 24.6. The van der Waals surface area contributed by atoms with Crippen LogP contribution in [0.5, 0.6) is 0 Å². The van der Waals surface area contributed by atoms with Gasteiger partial charge in [0.15, 0.2) is 0 Å². The molecular formula is C15H23N2O6P. The Bertz CT molecular complexity index is 763. The van der Waals surface area contributed by atoms with Gasteiger partial charge < -0.3 is 14.2 Å². The Balaban J connectivity index is 3.28. The number of nitrogens with zero attached hydrogens (tertiary/aromatic N) is 1. The van der Waals surface area contributed by atoms with Crippen LogP contribution in [-0.4, -0.2) is 34.5 Å². The zero-order valence-electron chi connectivity index (χ0n) is 14.1. The molecule has 0 aromatic carbocycles. The van der Waals surface area contributed by atoms with E-state index in [-0.39, 0.29) is 38.1 Å². The zero-order chi connectivity index (χ0) is 18.2. The van der Waals surface area contributed by atoms with E-state index in [1.807, 2.05) is 0 Å². The lowest BCUT2D eigenvalue weighted by Gasteiger charge is -2.18. The third-order valence-corrected chi connectivity index (χ3v) is 5.13. The maximum atomic E-state index is 12.8. The van der Waals surface area contributed by atoms with Gasteiger partial charge in [0, 0.05) is 25.3 Å². The van der Waals surface area contributed by atoms with Crippen molar-refractivity contribution in [1.82, 2.24) is 9.55 Å². The van der Waals surface area contributed by atoms with Crippen molar-refractivity contribution >= 4 is 7.60 Å². The van der Waals surface area contributed by atoms with Crippen LogP contribution < -0.4 is 11.2 Å². The molecule has 0 spiro atoms. The molecule has 0 amide bonds.